The number of nitrogens with zero attached hydrogens (tertiary/aromatic N) is 3. The fourth-order valence-electron chi connectivity index (χ4n) is 3.38. The zero-order chi connectivity index (χ0) is 22.0. The Morgan fingerprint density at radius 3 is 2.71 bits per heavy atom. The van der Waals surface area contributed by atoms with Gasteiger partial charge in [0.15, 0.2) is 23.0 Å². The number of rotatable bonds is 6. The molecule has 0 aliphatic rings. The van der Waals surface area contributed by atoms with Gasteiger partial charge in [-0.25, -0.2) is 9.97 Å². The summed E-state index contributed by atoms with van der Waals surface area (Å²) in [6, 6.07) is 18.6. The minimum absolute atomic E-state index is 0.00529. The van der Waals surface area contributed by atoms with Gasteiger partial charge in [0, 0.05) is 31.1 Å². The molecular weight excluding hydrogens is 414 g/mol. The highest BCUT2D eigenvalue weighted by Gasteiger charge is 2.17. The molecule has 0 amide bonds. The van der Waals surface area contributed by atoms with Gasteiger partial charge >= 0.3 is 0 Å². The molecule has 156 valence electrons. The van der Waals surface area contributed by atoms with Crippen LogP contribution >= 0.6 is 11.6 Å². The number of hydrogen-bond acceptors (Lipinski definition) is 6. The first kappa shape index (κ1) is 20.6. The molecular formula is C24H20ClN3O3. The van der Waals surface area contributed by atoms with Crippen molar-refractivity contribution in [3.63, 3.8) is 0 Å². The summed E-state index contributed by atoms with van der Waals surface area (Å²) in [7, 11) is 3.34. The van der Waals surface area contributed by atoms with Crippen molar-refractivity contribution in [3.8, 4) is 11.5 Å². The fraction of sp³-hybridized carbons (Fsp3) is 0.125. The zero-order valence-corrected chi connectivity index (χ0v) is 17.8. The maximum atomic E-state index is 12.7. The third-order valence-electron chi connectivity index (χ3n) is 5.03. The summed E-state index contributed by atoms with van der Waals surface area (Å²) in [5.41, 5.74) is 2.46. The lowest BCUT2D eigenvalue weighted by Gasteiger charge is -2.20. The Kier molecular flexibility index (Phi) is 5.73. The molecule has 4 aromatic rings. The van der Waals surface area contributed by atoms with Crippen molar-refractivity contribution < 1.29 is 14.6 Å². The van der Waals surface area contributed by atoms with E-state index in [1.165, 1.54) is 19.4 Å². The van der Waals surface area contributed by atoms with Crippen LogP contribution in [-0.4, -0.2) is 35.0 Å². The van der Waals surface area contributed by atoms with Crippen molar-refractivity contribution >= 4 is 39.8 Å². The molecule has 0 spiro atoms. The zero-order valence-electron chi connectivity index (χ0n) is 17.0. The lowest BCUT2D eigenvalue weighted by Crippen LogP contribution is -2.11. The Hall–Kier alpha value is -3.64. The Balaban J connectivity index is 1.59. The Labute approximate surface area is 184 Å². The van der Waals surface area contributed by atoms with Gasteiger partial charge in [0.05, 0.1) is 23.3 Å². The average molecular weight is 434 g/mol. The number of methoxy groups -OCH3 is 1. The van der Waals surface area contributed by atoms with Crippen molar-refractivity contribution in [1.29, 1.82) is 0 Å². The molecule has 2 heterocycles. The molecule has 0 saturated heterocycles. The summed E-state index contributed by atoms with van der Waals surface area (Å²) >= 11 is 6.30. The third kappa shape index (κ3) is 4.15. The number of halogens is 1. The first-order valence-corrected chi connectivity index (χ1v) is 9.99. The number of hydrogen-bond donors (Lipinski definition) is 1. The van der Waals surface area contributed by atoms with Crippen LogP contribution in [0.25, 0.3) is 10.9 Å². The summed E-state index contributed by atoms with van der Waals surface area (Å²) in [5, 5.41) is 11.7. The molecule has 4 rings (SSSR count). The first-order valence-electron chi connectivity index (χ1n) is 9.61. The number of fused-ring (bicyclic) bond motifs is 1. The second-order valence-electron chi connectivity index (χ2n) is 7.02. The summed E-state index contributed by atoms with van der Waals surface area (Å²) in [5.74, 6) is 0.439. The maximum absolute atomic E-state index is 12.7. The summed E-state index contributed by atoms with van der Waals surface area (Å²) < 4.78 is 5.05. The predicted octanol–water partition coefficient (Wildman–Crippen LogP) is 5.19. The van der Waals surface area contributed by atoms with Crippen LogP contribution < -0.4 is 9.64 Å². The van der Waals surface area contributed by atoms with Crippen molar-refractivity contribution in [2.45, 2.75) is 6.42 Å². The largest absolute Gasteiger partial charge is 0.503 e. The number of Topliss-reactive ketones (excluding diaryl/α,β-unsaturated/α-hetero) is 1. The molecule has 0 bridgehead atoms. The number of anilines is 2. The van der Waals surface area contributed by atoms with E-state index in [4.69, 9.17) is 21.3 Å². The fourth-order valence-corrected chi connectivity index (χ4v) is 3.64. The summed E-state index contributed by atoms with van der Waals surface area (Å²) in [6.07, 6.45) is 1.54. The van der Waals surface area contributed by atoms with Crippen molar-refractivity contribution in [3.05, 3.63) is 83.1 Å². The van der Waals surface area contributed by atoms with Crippen LogP contribution in [0.2, 0.25) is 5.02 Å². The van der Waals surface area contributed by atoms with Gasteiger partial charge in [0.1, 0.15) is 5.82 Å². The normalized spacial score (nSPS) is 10.8. The number of ketones is 1. The van der Waals surface area contributed by atoms with Gasteiger partial charge in [-0.3, -0.25) is 4.79 Å². The van der Waals surface area contributed by atoms with E-state index in [0.717, 1.165) is 28.0 Å². The molecule has 6 nitrogen and oxygen atoms in total. The van der Waals surface area contributed by atoms with Gasteiger partial charge in [0.25, 0.3) is 0 Å². The Bertz CT molecular complexity index is 1280. The van der Waals surface area contributed by atoms with Crippen molar-refractivity contribution in [1.82, 2.24) is 9.97 Å². The highest BCUT2D eigenvalue weighted by atomic mass is 35.5. The lowest BCUT2D eigenvalue weighted by atomic mass is 10.0. The van der Waals surface area contributed by atoms with Gasteiger partial charge in [-0.1, -0.05) is 29.8 Å². The third-order valence-corrected chi connectivity index (χ3v) is 5.35. The quantitative estimate of drug-likeness (QED) is 0.422. The molecule has 0 unspecified atom stereocenters. The van der Waals surface area contributed by atoms with E-state index < -0.39 is 0 Å². The Morgan fingerprint density at radius 1 is 1.13 bits per heavy atom. The van der Waals surface area contributed by atoms with Crippen molar-refractivity contribution in [2.24, 2.45) is 0 Å². The van der Waals surface area contributed by atoms with Crippen LogP contribution in [0.15, 0.2) is 66.9 Å². The molecule has 2 aromatic carbocycles. The van der Waals surface area contributed by atoms with E-state index in [9.17, 15) is 9.90 Å². The highest BCUT2D eigenvalue weighted by Crippen LogP contribution is 2.31. The SMILES string of the molecule is COc1ccnc(C(=O)Cc2ccc3nc(N(C)c4ccccc4Cl)ccc3c2)c1O. The second-order valence-corrected chi connectivity index (χ2v) is 7.42. The molecule has 0 aliphatic heterocycles. The first-order chi connectivity index (χ1) is 15.0. The highest BCUT2D eigenvalue weighted by molar-refractivity contribution is 6.33. The maximum Gasteiger partial charge on any atom is 0.189 e. The van der Waals surface area contributed by atoms with E-state index in [1.807, 2.05) is 66.5 Å². The van der Waals surface area contributed by atoms with Crippen LogP contribution in [0.3, 0.4) is 0 Å². The number of aromatic nitrogens is 2. The molecule has 1 N–H and O–H groups in total. The Morgan fingerprint density at radius 2 is 1.94 bits per heavy atom. The molecule has 7 heteroatoms. The van der Waals surface area contributed by atoms with E-state index in [0.29, 0.717) is 5.02 Å². The number of carbonyl (C=O) groups is 1. The van der Waals surface area contributed by atoms with Crippen molar-refractivity contribution in [2.75, 3.05) is 19.1 Å². The second kappa shape index (κ2) is 8.62. The van der Waals surface area contributed by atoms with E-state index in [1.54, 1.807) is 0 Å². The number of aromatic hydroxyl groups is 1. The summed E-state index contributed by atoms with van der Waals surface area (Å²) in [4.78, 5) is 23.3. The van der Waals surface area contributed by atoms with Crippen LogP contribution in [0.5, 0.6) is 11.5 Å². The molecule has 0 atom stereocenters. The lowest BCUT2D eigenvalue weighted by molar-refractivity contribution is 0.0984. The molecule has 0 fully saturated rings. The monoisotopic (exact) mass is 433 g/mol. The molecule has 0 radical (unpaired) electrons. The van der Waals surface area contributed by atoms with Gasteiger partial charge in [-0.05, 0) is 42.0 Å². The topological polar surface area (TPSA) is 75.5 Å². The number of benzene rings is 2. The van der Waals surface area contributed by atoms with Gasteiger partial charge in [-0.15, -0.1) is 0 Å². The smallest absolute Gasteiger partial charge is 0.189 e. The number of pyridine rings is 2. The molecule has 0 aliphatic carbocycles. The van der Waals surface area contributed by atoms with Crippen LogP contribution in [0.1, 0.15) is 16.1 Å². The summed E-state index contributed by atoms with van der Waals surface area (Å²) in [6.45, 7) is 0. The van der Waals surface area contributed by atoms with Gasteiger partial charge in [-0.2, -0.15) is 0 Å². The average Bonchev–Trinajstić information content (AvgIpc) is 2.78. The van der Waals surface area contributed by atoms with Gasteiger partial charge in [0.2, 0.25) is 0 Å². The number of carbonyl (C=O) groups excluding carboxylic acids is 1. The van der Waals surface area contributed by atoms with Crippen LogP contribution in [0, 0.1) is 0 Å². The van der Waals surface area contributed by atoms with Crippen LogP contribution in [-0.2, 0) is 6.42 Å². The molecule has 0 saturated carbocycles. The van der Waals surface area contributed by atoms with Crippen LogP contribution in [0.4, 0.5) is 11.5 Å². The minimum atomic E-state index is -0.293. The van der Waals surface area contributed by atoms with E-state index >= 15 is 0 Å². The minimum Gasteiger partial charge on any atom is -0.503 e. The predicted molar refractivity (Wildman–Crippen MR) is 122 cm³/mol. The van der Waals surface area contributed by atoms with E-state index in [2.05, 4.69) is 4.98 Å². The number of para-hydroxylation sites is 1. The molecule has 2 aromatic heterocycles. The standard InChI is InChI=1S/C24H20ClN3O3/c1-28(19-6-4-3-5-17(19)25)22-10-8-16-13-15(7-9-18(16)27-22)14-20(29)23-24(30)21(31-2)11-12-26-23/h3-13,30H,14H2,1-2H3. The number of ether oxygens (including phenoxy) is 1. The molecule has 31 heavy (non-hydrogen) atoms. The van der Waals surface area contributed by atoms with Gasteiger partial charge < -0.3 is 14.7 Å². The van der Waals surface area contributed by atoms with E-state index in [-0.39, 0.29) is 29.4 Å².